The Balaban J connectivity index is 1.66. The first-order chi connectivity index (χ1) is 11.2. The Morgan fingerprint density at radius 3 is 2.43 bits per heavy atom. The fraction of sp³-hybridized carbons (Fsp3) is 0.368. The van der Waals surface area contributed by atoms with Crippen LogP contribution in [0.25, 0.3) is 0 Å². The van der Waals surface area contributed by atoms with Crippen molar-refractivity contribution in [1.29, 1.82) is 0 Å². The fourth-order valence-corrected chi connectivity index (χ4v) is 3.03. The highest BCUT2D eigenvalue weighted by atomic mass is 16.2. The number of aryl methyl sites for hydroxylation is 2. The van der Waals surface area contributed by atoms with E-state index in [0.29, 0.717) is 0 Å². The summed E-state index contributed by atoms with van der Waals surface area (Å²) in [5.41, 5.74) is 3.25. The number of anilines is 1. The number of piperazine rings is 1. The standard InChI is InChI=1S/C19H23N3O/c1-3-16-13-15(2)18(20-14-16)21-9-11-22(12-10-21)19(23)17-7-5-4-6-8-17/h4-8,13-14H,3,9-12H2,1-2H3. The monoisotopic (exact) mass is 309 g/mol. The van der Waals surface area contributed by atoms with Crippen LogP contribution in [-0.4, -0.2) is 42.0 Å². The van der Waals surface area contributed by atoms with Gasteiger partial charge in [0.05, 0.1) is 0 Å². The molecule has 0 aliphatic carbocycles. The number of hydrogen-bond acceptors (Lipinski definition) is 3. The predicted molar refractivity (Wildman–Crippen MR) is 92.9 cm³/mol. The highest BCUT2D eigenvalue weighted by molar-refractivity contribution is 5.94. The first-order valence-corrected chi connectivity index (χ1v) is 8.24. The summed E-state index contributed by atoms with van der Waals surface area (Å²) in [5.74, 6) is 1.17. The Labute approximate surface area is 137 Å². The summed E-state index contributed by atoms with van der Waals surface area (Å²) in [6.45, 7) is 7.40. The van der Waals surface area contributed by atoms with E-state index < -0.39 is 0 Å². The molecule has 3 rings (SSSR count). The molecule has 1 aromatic carbocycles. The lowest BCUT2D eigenvalue weighted by molar-refractivity contribution is 0.0746. The molecule has 4 nitrogen and oxygen atoms in total. The zero-order valence-corrected chi connectivity index (χ0v) is 13.8. The first-order valence-electron chi connectivity index (χ1n) is 8.24. The van der Waals surface area contributed by atoms with E-state index in [-0.39, 0.29) is 5.91 Å². The number of aromatic nitrogens is 1. The summed E-state index contributed by atoms with van der Waals surface area (Å²) in [6.07, 6.45) is 2.97. The zero-order chi connectivity index (χ0) is 16.2. The molecule has 1 amide bonds. The minimum Gasteiger partial charge on any atom is -0.353 e. The number of benzene rings is 1. The number of rotatable bonds is 3. The Morgan fingerprint density at radius 1 is 1.13 bits per heavy atom. The van der Waals surface area contributed by atoms with Gasteiger partial charge in [0, 0.05) is 37.9 Å². The molecule has 1 aromatic heterocycles. The second-order valence-electron chi connectivity index (χ2n) is 5.98. The van der Waals surface area contributed by atoms with Crippen molar-refractivity contribution in [2.45, 2.75) is 20.3 Å². The molecular weight excluding hydrogens is 286 g/mol. The van der Waals surface area contributed by atoms with Crippen molar-refractivity contribution < 1.29 is 4.79 Å². The average molecular weight is 309 g/mol. The van der Waals surface area contributed by atoms with Gasteiger partial charge in [-0.25, -0.2) is 4.98 Å². The molecule has 0 spiro atoms. The second-order valence-corrected chi connectivity index (χ2v) is 5.98. The van der Waals surface area contributed by atoms with Crippen LogP contribution in [0.1, 0.15) is 28.4 Å². The third-order valence-electron chi connectivity index (χ3n) is 4.40. The molecule has 0 unspecified atom stereocenters. The summed E-state index contributed by atoms with van der Waals surface area (Å²) in [5, 5.41) is 0. The summed E-state index contributed by atoms with van der Waals surface area (Å²) < 4.78 is 0. The lowest BCUT2D eigenvalue weighted by Crippen LogP contribution is -2.49. The molecule has 2 heterocycles. The molecule has 0 atom stereocenters. The van der Waals surface area contributed by atoms with Crippen LogP contribution in [0.4, 0.5) is 5.82 Å². The van der Waals surface area contributed by atoms with E-state index in [0.717, 1.165) is 44.0 Å². The number of nitrogens with zero attached hydrogens (tertiary/aromatic N) is 3. The highest BCUT2D eigenvalue weighted by Crippen LogP contribution is 2.20. The molecular formula is C19H23N3O. The van der Waals surface area contributed by atoms with E-state index >= 15 is 0 Å². The Morgan fingerprint density at radius 2 is 1.83 bits per heavy atom. The Kier molecular flexibility index (Phi) is 4.60. The van der Waals surface area contributed by atoms with E-state index in [9.17, 15) is 4.79 Å². The van der Waals surface area contributed by atoms with Crippen LogP contribution in [0.3, 0.4) is 0 Å². The fourth-order valence-electron chi connectivity index (χ4n) is 3.03. The number of carbonyl (C=O) groups excluding carboxylic acids is 1. The molecule has 0 saturated carbocycles. The van der Waals surface area contributed by atoms with Gasteiger partial charge in [0.25, 0.3) is 5.91 Å². The quantitative estimate of drug-likeness (QED) is 0.875. The predicted octanol–water partition coefficient (Wildman–Crippen LogP) is 2.91. The first kappa shape index (κ1) is 15.5. The van der Waals surface area contributed by atoms with Crippen LogP contribution in [0, 0.1) is 6.92 Å². The van der Waals surface area contributed by atoms with Crippen LogP contribution in [-0.2, 0) is 6.42 Å². The molecule has 0 radical (unpaired) electrons. The molecule has 120 valence electrons. The largest absolute Gasteiger partial charge is 0.353 e. The molecule has 1 aliphatic rings. The van der Waals surface area contributed by atoms with Crippen molar-refractivity contribution in [2.24, 2.45) is 0 Å². The van der Waals surface area contributed by atoms with Crippen LogP contribution >= 0.6 is 0 Å². The molecule has 23 heavy (non-hydrogen) atoms. The van der Waals surface area contributed by atoms with Gasteiger partial charge in [-0.2, -0.15) is 0 Å². The van der Waals surface area contributed by atoms with Gasteiger partial charge in [-0.3, -0.25) is 4.79 Å². The van der Waals surface area contributed by atoms with Crippen LogP contribution < -0.4 is 4.90 Å². The zero-order valence-electron chi connectivity index (χ0n) is 13.8. The van der Waals surface area contributed by atoms with Crippen molar-refractivity contribution in [3.63, 3.8) is 0 Å². The Bertz CT molecular complexity index is 676. The lowest BCUT2D eigenvalue weighted by atomic mass is 10.1. The highest BCUT2D eigenvalue weighted by Gasteiger charge is 2.23. The molecule has 0 N–H and O–H groups in total. The summed E-state index contributed by atoms with van der Waals surface area (Å²) in [6, 6.07) is 11.7. The van der Waals surface area contributed by atoms with Gasteiger partial charge in [0.1, 0.15) is 5.82 Å². The van der Waals surface area contributed by atoms with E-state index in [1.807, 2.05) is 41.4 Å². The minimum absolute atomic E-state index is 0.122. The number of hydrogen-bond donors (Lipinski definition) is 0. The van der Waals surface area contributed by atoms with E-state index in [4.69, 9.17) is 0 Å². The maximum atomic E-state index is 12.5. The normalized spacial score (nSPS) is 14.9. The van der Waals surface area contributed by atoms with E-state index in [1.165, 1.54) is 11.1 Å². The smallest absolute Gasteiger partial charge is 0.253 e. The SMILES string of the molecule is CCc1cnc(N2CCN(C(=O)c3ccccc3)CC2)c(C)c1. The van der Waals surface area contributed by atoms with Gasteiger partial charge in [-0.15, -0.1) is 0 Å². The number of amides is 1. The van der Waals surface area contributed by atoms with Crippen molar-refractivity contribution in [2.75, 3.05) is 31.1 Å². The number of pyridine rings is 1. The van der Waals surface area contributed by atoms with Gasteiger partial charge < -0.3 is 9.80 Å². The van der Waals surface area contributed by atoms with Crippen molar-refractivity contribution in [3.8, 4) is 0 Å². The molecule has 1 saturated heterocycles. The van der Waals surface area contributed by atoms with Gasteiger partial charge in [0.15, 0.2) is 0 Å². The van der Waals surface area contributed by atoms with Crippen molar-refractivity contribution in [1.82, 2.24) is 9.88 Å². The van der Waals surface area contributed by atoms with Gasteiger partial charge in [0.2, 0.25) is 0 Å². The van der Waals surface area contributed by atoms with E-state index in [1.54, 1.807) is 0 Å². The molecule has 0 bridgehead atoms. The third kappa shape index (κ3) is 3.36. The van der Waals surface area contributed by atoms with Crippen LogP contribution in [0.5, 0.6) is 0 Å². The maximum Gasteiger partial charge on any atom is 0.253 e. The van der Waals surface area contributed by atoms with Gasteiger partial charge in [-0.1, -0.05) is 31.2 Å². The van der Waals surface area contributed by atoms with Crippen LogP contribution in [0.2, 0.25) is 0 Å². The van der Waals surface area contributed by atoms with Crippen molar-refractivity contribution in [3.05, 3.63) is 59.3 Å². The van der Waals surface area contributed by atoms with Gasteiger partial charge >= 0.3 is 0 Å². The summed E-state index contributed by atoms with van der Waals surface area (Å²) in [4.78, 5) is 21.3. The Hall–Kier alpha value is -2.36. The van der Waals surface area contributed by atoms with Crippen molar-refractivity contribution >= 4 is 11.7 Å². The molecule has 1 aliphatic heterocycles. The minimum atomic E-state index is 0.122. The number of carbonyl (C=O) groups is 1. The second kappa shape index (κ2) is 6.82. The average Bonchev–Trinajstić information content (AvgIpc) is 2.62. The molecule has 4 heteroatoms. The van der Waals surface area contributed by atoms with Gasteiger partial charge in [-0.05, 0) is 36.6 Å². The maximum absolute atomic E-state index is 12.5. The van der Waals surface area contributed by atoms with Crippen LogP contribution in [0.15, 0.2) is 42.6 Å². The summed E-state index contributed by atoms with van der Waals surface area (Å²) in [7, 11) is 0. The summed E-state index contributed by atoms with van der Waals surface area (Å²) >= 11 is 0. The third-order valence-corrected chi connectivity index (χ3v) is 4.40. The topological polar surface area (TPSA) is 36.4 Å². The molecule has 2 aromatic rings. The van der Waals surface area contributed by atoms with E-state index in [2.05, 4.69) is 29.8 Å². The molecule has 1 fully saturated rings. The lowest BCUT2D eigenvalue weighted by Gasteiger charge is -2.36.